The lowest BCUT2D eigenvalue weighted by molar-refractivity contribution is 0.0950. The Balaban J connectivity index is 1.46. The van der Waals surface area contributed by atoms with E-state index in [4.69, 9.17) is 20.8 Å². The Hall–Kier alpha value is -3.84. The minimum Gasteiger partial charge on any atom is -0.488 e. The summed E-state index contributed by atoms with van der Waals surface area (Å²) in [6.45, 7) is 0.315. The molecule has 2 aromatic heterocycles. The van der Waals surface area contributed by atoms with Crippen LogP contribution < -0.4 is 10.2 Å². The van der Waals surface area contributed by atoms with Crippen LogP contribution in [0.15, 0.2) is 82.5 Å². The van der Waals surface area contributed by atoms with Crippen molar-refractivity contribution in [2.24, 2.45) is 5.10 Å². The van der Waals surface area contributed by atoms with E-state index in [-0.39, 0.29) is 5.69 Å². The maximum Gasteiger partial charge on any atom is 0.289 e. The SMILES string of the molecule is O=C(NN=Cc1ccco1)c1cc(-c2ccccc2OCc2ccccc2Cl)n[nH]1. The Morgan fingerprint density at radius 2 is 2.00 bits per heavy atom. The third kappa shape index (κ3) is 4.59. The van der Waals surface area contributed by atoms with Crippen LogP contribution in [0.5, 0.6) is 5.75 Å². The van der Waals surface area contributed by atoms with Crippen LogP contribution in [0.4, 0.5) is 0 Å². The van der Waals surface area contributed by atoms with Crippen LogP contribution in [0.25, 0.3) is 11.3 Å². The molecular formula is C22H17ClN4O3. The summed E-state index contributed by atoms with van der Waals surface area (Å²) >= 11 is 6.20. The number of rotatable bonds is 7. The smallest absolute Gasteiger partial charge is 0.289 e. The number of carbonyl (C=O) groups is 1. The minimum atomic E-state index is -0.425. The highest BCUT2D eigenvalue weighted by Crippen LogP contribution is 2.30. The first kappa shape index (κ1) is 19.5. The molecule has 0 aliphatic carbocycles. The maximum absolute atomic E-state index is 12.3. The molecular weight excluding hydrogens is 404 g/mol. The number of para-hydroxylation sites is 1. The second-order valence-electron chi connectivity index (χ2n) is 6.26. The number of benzene rings is 2. The summed E-state index contributed by atoms with van der Waals surface area (Å²) in [6.07, 6.45) is 2.93. The molecule has 0 atom stereocenters. The van der Waals surface area contributed by atoms with E-state index >= 15 is 0 Å². The Bertz CT molecular complexity index is 1170. The highest BCUT2D eigenvalue weighted by molar-refractivity contribution is 6.31. The molecule has 2 aromatic carbocycles. The van der Waals surface area contributed by atoms with Gasteiger partial charge in [0, 0.05) is 16.1 Å². The summed E-state index contributed by atoms with van der Waals surface area (Å²) in [7, 11) is 0. The number of H-pyrrole nitrogens is 1. The maximum atomic E-state index is 12.3. The van der Waals surface area contributed by atoms with Gasteiger partial charge in [-0.1, -0.05) is 41.9 Å². The zero-order chi connectivity index (χ0) is 20.8. The highest BCUT2D eigenvalue weighted by atomic mass is 35.5. The first-order chi connectivity index (χ1) is 14.7. The summed E-state index contributed by atoms with van der Waals surface area (Å²) in [4.78, 5) is 12.3. The summed E-state index contributed by atoms with van der Waals surface area (Å²) in [6, 6.07) is 20.1. The second-order valence-corrected chi connectivity index (χ2v) is 6.66. The first-order valence-corrected chi connectivity index (χ1v) is 9.46. The lowest BCUT2D eigenvalue weighted by Crippen LogP contribution is -2.17. The van der Waals surface area contributed by atoms with Gasteiger partial charge in [-0.05, 0) is 36.4 Å². The molecule has 0 bridgehead atoms. The standard InChI is InChI=1S/C22H17ClN4O3/c23-18-9-3-1-6-15(18)14-30-21-10-4-2-8-17(21)19-12-20(26-25-19)22(28)27-24-13-16-7-5-11-29-16/h1-13H,14H2,(H,25,26)(H,27,28). The highest BCUT2D eigenvalue weighted by Gasteiger charge is 2.14. The lowest BCUT2D eigenvalue weighted by atomic mass is 10.1. The van der Waals surface area contributed by atoms with Gasteiger partial charge in [-0.2, -0.15) is 10.2 Å². The summed E-state index contributed by atoms with van der Waals surface area (Å²) < 4.78 is 11.1. The van der Waals surface area contributed by atoms with E-state index in [0.717, 1.165) is 11.1 Å². The molecule has 4 rings (SSSR count). The molecule has 0 unspecified atom stereocenters. The van der Waals surface area contributed by atoms with Crippen molar-refractivity contribution in [1.82, 2.24) is 15.6 Å². The van der Waals surface area contributed by atoms with E-state index in [2.05, 4.69) is 20.7 Å². The van der Waals surface area contributed by atoms with Gasteiger partial charge in [-0.15, -0.1) is 0 Å². The number of nitrogens with one attached hydrogen (secondary N) is 2. The van der Waals surface area contributed by atoms with E-state index in [9.17, 15) is 4.79 Å². The van der Waals surface area contributed by atoms with Gasteiger partial charge in [0.2, 0.25) is 0 Å². The van der Waals surface area contributed by atoms with Crippen LogP contribution in [0.3, 0.4) is 0 Å². The second kappa shape index (κ2) is 9.11. The number of carbonyl (C=O) groups excluding carboxylic acids is 1. The molecule has 8 heteroatoms. The van der Waals surface area contributed by atoms with Crippen LogP contribution in [-0.4, -0.2) is 22.3 Å². The van der Waals surface area contributed by atoms with Gasteiger partial charge in [0.05, 0.1) is 18.2 Å². The molecule has 0 aliphatic rings. The third-order valence-corrected chi connectivity index (χ3v) is 4.60. The zero-order valence-electron chi connectivity index (χ0n) is 15.7. The Morgan fingerprint density at radius 1 is 1.17 bits per heavy atom. The molecule has 4 aromatic rings. The number of aromatic amines is 1. The quantitative estimate of drug-likeness (QED) is 0.336. The lowest BCUT2D eigenvalue weighted by Gasteiger charge is -2.11. The summed E-state index contributed by atoms with van der Waals surface area (Å²) in [5, 5.41) is 11.5. The number of nitrogens with zero attached hydrogens (tertiary/aromatic N) is 2. The van der Waals surface area contributed by atoms with E-state index in [0.29, 0.717) is 28.8 Å². The van der Waals surface area contributed by atoms with Crippen LogP contribution in [0.2, 0.25) is 5.02 Å². The van der Waals surface area contributed by atoms with E-state index < -0.39 is 5.91 Å². The molecule has 1 amide bonds. The Labute approximate surface area is 177 Å². The molecule has 0 aliphatic heterocycles. The van der Waals surface area contributed by atoms with Crippen molar-refractivity contribution >= 4 is 23.7 Å². The van der Waals surface area contributed by atoms with Crippen molar-refractivity contribution < 1.29 is 13.9 Å². The number of ether oxygens (including phenoxy) is 1. The van der Waals surface area contributed by atoms with Crippen molar-refractivity contribution in [3.63, 3.8) is 0 Å². The summed E-state index contributed by atoms with van der Waals surface area (Å²) in [5.41, 5.74) is 4.89. The fraction of sp³-hybridized carbons (Fsp3) is 0.0455. The van der Waals surface area contributed by atoms with Crippen molar-refractivity contribution in [2.45, 2.75) is 6.61 Å². The topological polar surface area (TPSA) is 92.5 Å². The molecule has 0 saturated heterocycles. The molecule has 0 saturated carbocycles. The van der Waals surface area contributed by atoms with Gasteiger partial charge in [0.1, 0.15) is 23.8 Å². The fourth-order valence-electron chi connectivity index (χ4n) is 2.73. The average molecular weight is 421 g/mol. The molecule has 150 valence electrons. The molecule has 7 nitrogen and oxygen atoms in total. The van der Waals surface area contributed by atoms with E-state index in [1.807, 2.05) is 48.5 Å². The number of halogens is 1. The van der Waals surface area contributed by atoms with Gasteiger partial charge in [0.25, 0.3) is 5.91 Å². The first-order valence-electron chi connectivity index (χ1n) is 9.08. The van der Waals surface area contributed by atoms with Crippen LogP contribution in [-0.2, 0) is 6.61 Å². The van der Waals surface area contributed by atoms with Gasteiger partial charge < -0.3 is 9.15 Å². The van der Waals surface area contributed by atoms with Gasteiger partial charge in [-0.3, -0.25) is 9.89 Å². The van der Waals surface area contributed by atoms with Crippen molar-refractivity contribution in [2.75, 3.05) is 0 Å². The van der Waals surface area contributed by atoms with Crippen molar-refractivity contribution in [3.8, 4) is 17.0 Å². The van der Waals surface area contributed by atoms with Crippen LogP contribution >= 0.6 is 11.6 Å². The zero-order valence-corrected chi connectivity index (χ0v) is 16.5. The van der Waals surface area contributed by atoms with Crippen LogP contribution in [0.1, 0.15) is 21.8 Å². The number of hydrogen-bond donors (Lipinski definition) is 2. The Morgan fingerprint density at radius 3 is 2.83 bits per heavy atom. The monoisotopic (exact) mass is 420 g/mol. The summed E-state index contributed by atoms with van der Waals surface area (Å²) in [5.74, 6) is 0.739. The van der Waals surface area contributed by atoms with Crippen molar-refractivity contribution in [1.29, 1.82) is 0 Å². The van der Waals surface area contributed by atoms with E-state index in [1.165, 1.54) is 12.5 Å². The number of hydrogen-bond acceptors (Lipinski definition) is 5. The predicted octanol–water partition coefficient (Wildman–Crippen LogP) is 4.67. The van der Waals surface area contributed by atoms with Crippen molar-refractivity contribution in [3.05, 3.63) is 95.0 Å². The van der Waals surface area contributed by atoms with E-state index in [1.54, 1.807) is 18.2 Å². The van der Waals surface area contributed by atoms with Gasteiger partial charge in [-0.25, -0.2) is 5.43 Å². The number of hydrazone groups is 1. The molecule has 2 N–H and O–H groups in total. The Kier molecular flexibility index (Phi) is 5.91. The average Bonchev–Trinajstić information content (AvgIpc) is 3.46. The minimum absolute atomic E-state index is 0.266. The predicted molar refractivity (Wildman–Crippen MR) is 114 cm³/mol. The van der Waals surface area contributed by atoms with Crippen LogP contribution in [0, 0.1) is 0 Å². The molecule has 30 heavy (non-hydrogen) atoms. The van der Waals surface area contributed by atoms with Gasteiger partial charge in [0.15, 0.2) is 0 Å². The molecule has 0 fully saturated rings. The number of amides is 1. The third-order valence-electron chi connectivity index (χ3n) is 4.23. The normalized spacial score (nSPS) is 11.0. The molecule has 2 heterocycles. The fourth-order valence-corrected chi connectivity index (χ4v) is 2.92. The number of furan rings is 1. The molecule has 0 spiro atoms. The molecule has 0 radical (unpaired) electrons. The number of aromatic nitrogens is 2. The largest absolute Gasteiger partial charge is 0.488 e. The van der Waals surface area contributed by atoms with Gasteiger partial charge >= 0.3 is 0 Å².